The van der Waals surface area contributed by atoms with Crippen LogP contribution in [-0.4, -0.2) is 36.5 Å². The van der Waals surface area contributed by atoms with Gasteiger partial charge in [0.05, 0.1) is 31.2 Å². The minimum Gasteiger partial charge on any atom is -0.493 e. The number of rotatable bonds is 8. The molecule has 0 fully saturated rings. The second kappa shape index (κ2) is 9.08. The molecule has 0 radical (unpaired) electrons. The summed E-state index contributed by atoms with van der Waals surface area (Å²) >= 11 is 0. The van der Waals surface area contributed by atoms with Crippen molar-refractivity contribution in [1.29, 1.82) is 0 Å². The average molecular weight is 379 g/mol. The van der Waals surface area contributed by atoms with E-state index in [9.17, 15) is 4.79 Å². The molecule has 0 aliphatic carbocycles. The first-order valence-electron chi connectivity index (χ1n) is 9.23. The minimum atomic E-state index is -0.174. The molecule has 3 rings (SSSR count). The van der Waals surface area contributed by atoms with Gasteiger partial charge in [-0.3, -0.25) is 4.79 Å². The summed E-state index contributed by atoms with van der Waals surface area (Å²) in [4.78, 5) is 12.5. The number of nitrogens with one attached hydrogen (secondary N) is 1. The van der Waals surface area contributed by atoms with Crippen molar-refractivity contribution < 1.29 is 14.3 Å². The number of aromatic nitrogens is 2. The average Bonchev–Trinajstić information content (AvgIpc) is 3.11. The molecule has 0 atom stereocenters. The molecule has 1 N–H and O–H groups in total. The van der Waals surface area contributed by atoms with E-state index in [1.807, 2.05) is 41.9 Å². The maximum Gasteiger partial charge on any atom is 0.255 e. The summed E-state index contributed by atoms with van der Waals surface area (Å²) in [7, 11) is 3.08. The lowest BCUT2D eigenvalue weighted by atomic mass is 10.1. The number of benzene rings is 2. The van der Waals surface area contributed by atoms with Crippen molar-refractivity contribution >= 4 is 5.91 Å². The van der Waals surface area contributed by atoms with Gasteiger partial charge in [-0.2, -0.15) is 5.10 Å². The van der Waals surface area contributed by atoms with Crippen molar-refractivity contribution in [2.75, 3.05) is 20.8 Å². The largest absolute Gasteiger partial charge is 0.493 e. The van der Waals surface area contributed by atoms with E-state index < -0.39 is 0 Å². The molecule has 0 saturated carbocycles. The molecule has 1 amide bonds. The molecule has 1 aromatic heterocycles. The fraction of sp³-hybridized carbons (Fsp3) is 0.273. The number of nitrogens with zero attached hydrogens (tertiary/aromatic N) is 2. The maximum absolute atomic E-state index is 12.5. The molecule has 146 valence electrons. The van der Waals surface area contributed by atoms with Gasteiger partial charge in [0.2, 0.25) is 0 Å². The zero-order chi connectivity index (χ0) is 19.9. The third-order valence-corrected chi connectivity index (χ3v) is 4.58. The van der Waals surface area contributed by atoms with Crippen LogP contribution in [0.2, 0.25) is 0 Å². The van der Waals surface area contributed by atoms with E-state index in [0.29, 0.717) is 23.6 Å². The van der Waals surface area contributed by atoms with Gasteiger partial charge in [-0.05, 0) is 49.6 Å². The number of amides is 1. The van der Waals surface area contributed by atoms with E-state index in [4.69, 9.17) is 9.47 Å². The van der Waals surface area contributed by atoms with Gasteiger partial charge in [0, 0.05) is 12.7 Å². The lowest BCUT2D eigenvalue weighted by molar-refractivity contribution is 0.0949. The number of carbonyl (C=O) groups excluding carboxylic acids is 1. The van der Waals surface area contributed by atoms with Crippen molar-refractivity contribution in [3.05, 3.63) is 71.5 Å². The standard InChI is InChI=1S/C22H25N3O3/c1-16-17(15-25(24-16)18-10-5-4-6-11-18)9-8-14-23-22(26)19-12-7-13-20(27-2)21(19)28-3/h4-7,10-13,15H,8-9,14H2,1-3H3,(H,23,26). The number of para-hydroxylation sites is 2. The van der Waals surface area contributed by atoms with Crippen LogP contribution < -0.4 is 14.8 Å². The quantitative estimate of drug-likeness (QED) is 0.608. The molecule has 6 heteroatoms. The van der Waals surface area contributed by atoms with Gasteiger partial charge in [0.15, 0.2) is 11.5 Å². The van der Waals surface area contributed by atoms with Crippen molar-refractivity contribution in [3.63, 3.8) is 0 Å². The molecule has 2 aromatic carbocycles. The van der Waals surface area contributed by atoms with Crippen LogP contribution in [0.5, 0.6) is 11.5 Å². The Morgan fingerprint density at radius 2 is 1.86 bits per heavy atom. The van der Waals surface area contributed by atoms with Crippen molar-refractivity contribution in [1.82, 2.24) is 15.1 Å². The fourth-order valence-corrected chi connectivity index (χ4v) is 3.10. The molecule has 0 spiro atoms. The number of hydrogen-bond donors (Lipinski definition) is 1. The van der Waals surface area contributed by atoms with Crippen molar-refractivity contribution in [2.45, 2.75) is 19.8 Å². The van der Waals surface area contributed by atoms with Gasteiger partial charge in [0.1, 0.15) is 0 Å². The van der Waals surface area contributed by atoms with Crippen LogP contribution in [0.15, 0.2) is 54.7 Å². The van der Waals surface area contributed by atoms with Gasteiger partial charge >= 0.3 is 0 Å². The van der Waals surface area contributed by atoms with E-state index in [-0.39, 0.29) is 5.91 Å². The van der Waals surface area contributed by atoms with Crippen LogP contribution in [-0.2, 0) is 6.42 Å². The summed E-state index contributed by atoms with van der Waals surface area (Å²) in [5, 5.41) is 7.53. The van der Waals surface area contributed by atoms with Crippen LogP contribution >= 0.6 is 0 Å². The highest BCUT2D eigenvalue weighted by Gasteiger charge is 2.16. The number of methoxy groups -OCH3 is 2. The first-order chi connectivity index (χ1) is 13.6. The molecular formula is C22H25N3O3. The molecule has 0 unspecified atom stereocenters. The summed E-state index contributed by atoms with van der Waals surface area (Å²) in [6.45, 7) is 2.57. The number of carbonyl (C=O) groups is 1. The van der Waals surface area contributed by atoms with Gasteiger partial charge < -0.3 is 14.8 Å². The zero-order valence-corrected chi connectivity index (χ0v) is 16.4. The first-order valence-corrected chi connectivity index (χ1v) is 9.23. The van der Waals surface area contributed by atoms with Crippen LogP contribution in [0.1, 0.15) is 28.0 Å². The third-order valence-electron chi connectivity index (χ3n) is 4.58. The molecular weight excluding hydrogens is 354 g/mol. The molecule has 6 nitrogen and oxygen atoms in total. The highest BCUT2D eigenvalue weighted by atomic mass is 16.5. The topological polar surface area (TPSA) is 65.4 Å². The Balaban J connectivity index is 1.57. The highest BCUT2D eigenvalue weighted by Crippen LogP contribution is 2.30. The molecule has 3 aromatic rings. The summed E-state index contributed by atoms with van der Waals surface area (Å²) in [6.07, 6.45) is 3.71. The minimum absolute atomic E-state index is 0.174. The first kappa shape index (κ1) is 19.5. The molecule has 0 bridgehead atoms. The zero-order valence-electron chi connectivity index (χ0n) is 16.4. The Bertz CT molecular complexity index is 935. The summed E-state index contributed by atoms with van der Waals surface area (Å²) in [5.74, 6) is 0.814. The van der Waals surface area contributed by atoms with E-state index in [0.717, 1.165) is 24.2 Å². The van der Waals surface area contributed by atoms with Crippen LogP contribution in [0.4, 0.5) is 0 Å². The monoisotopic (exact) mass is 379 g/mol. The van der Waals surface area contributed by atoms with Gasteiger partial charge in [-0.25, -0.2) is 4.68 Å². The second-order valence-electron chi connectivity index (χ2n) is 6.42. The number of ether oxygens (including phenoxy) is 2. The van der Waals surface area contributed by atoms with Crippen molar-refractivity contribution in [2.24, 2.45) is 0 Å². The highest BCUT2D eigenvalue weighted by molar-refractivity contribution is 5.97. The van der Waals surface area contributed by atoms with E-state index >= 15 is 0 Å². The summed E-state index contributed by atoms with van der Waals surface area (Å²) in [6, 6.07) is 15.3. The third kappa shape index (κ3) is 4.34. The Hall–Kier alpha value is -3.28. The maximum atomic E-state index is 12.5. The number of aryl methyl sites for hydroxylation is 2. The second-order valence-corrected chi connectivity index (χ2v) is 6.42. The predicted molar refractivity (Wildman–Crippen MR) is 109 cm³/mol. The Labute approximate surface area is 165 Å². The molecule has 0 aliphatic rings. The summed E-state index contributed by atoms with van der Waals surface area (Å²) < 4.78 is 12.5. The van der Waals surface area contributed by atoms with E-state index in [1.54, 1.807) is 25.3 Å². The molecule has 0 aliphatic heterocycles. The SMILES string of the molecule is COc1cccc(C(=O)NCCCc2cn(-c3ccccc3)nc2C)c1OC. The van der Waals surface area contributed by atoms with Crippen LogP contribution in [0.25, 0.3) is 5.69 Å². The smallest absolute Gasteiger partial charge is 0.255 e. The molecule has 28 heavy (non-hydrogen) atoms. The lowest BCUT2D eigenvalue weighted by Crippen LogP contribution is -2.25. The predicted octanol–water partition coefficient (Wildman–Crippen LogP) is 3.56. The van der Waals surface area contributed by atoms with Gasteiger partial charge in [-0.15, -0.1) is 0 Å². The lowest BCUT2D eigenvalue weighted by Gasteiger charge is -2.12. The van der Waals surface area contributed by atoms with Gasteiger partial charge in [0.25, 0.3) is 5.91 Å². The fourth-order valence-electron chi connectivity index (χ4n) is 3.10. The van der Waals surface area contributed by atoms with Gasteiger partial charge in [-0.1, -0.05) is 24.3 Å². The number of hydrogen-bond acceptors (Lipinski definition) is 4. The normalized spacial score (nSPS) is 10.5. The molecule has 1 heterocycles. The Morgan fingerprint density at radius 1 is 1.07 bits per heavy atom. The van der Waals surface area contributed by atoms with E-state index in [1.165, 1.54) is 12.7 Å². The van der Waals surface area contributed by atoms with Crippen LogP contribution in [0, 0.1) is 6.92 Å². The van der Waals surface area contributed by atoms with E-state index in [2.05, 4.69) is 16.6 Å². The Morgan fingerprint density at radius 3 is 2.57 bits per heavy atom. The van der Waals surface area contributed by atoms with Crippen LogP contribution in [0.3, 0.4) is 0 Å². The van der Waals surface area contributed by atoms with Crippen molar-refractivity contribution in [3.8, 4) is 17.2 Å². The Kier molecular flexibility index (Phi) is 6.32. The summed E-state index contributed by atoms with van der Waals surface area (Å²) in [5.41, 5.74) is 3.69. The molecule has 0 saturated heterocycles.